The molecule has 1 aromatic rings. The summed E-state index contributed by atoms with van der Waals surface area (Å²) in [4.78, 5) is 14.5. The summed E-state index contributed by atoms with van der Waals surface area (Å²) < 4.78 is 0.893. The van der Waals surface area contributed by atoms with E-state index in [0.29, 0.717) is 12.6 Å². The second-order valence-electron chi connectivity index (χ2n) is 4.30. The SMILES string of the molecule is CC1CSCCN1CC(=O)c1ccccc1Br. The van der Waals surface area contributed by atoms with Crippen LogP contribution in [0.1, 0.15) is 17.3 Å². The van der Waals surface area contributed by atoms with E-state index in [1.807, 2.05) is 36.0 Å². The Bertz CT molecular complexity index is 410. The summed E-state index contributed by atoms with van der Waals surface area (Å²) in [5.41, 5.74) is 0.790. The lowest BCUT2D eigenvalue weighted by molar-refractivity contribution is 0.0910. The van der Waals surface area contributed by atoms with Gasteiger partial charge in [0.25, 0.3) is 0 Å². The van der Waals surface area contributed by atoms with Crippen LogP contribution in [0, 0.1) is 0 Å². The standard InChI is InChI=1S/C13H16BrNOS/c1-10-9-17-7-6-15(10)8-13(16)11-4-2-3-5-12(11)14/h2-5,10H,6-9H2,1H3. The summed E-state index contributed by atoms with van der Waals surface area (Å²) in [7, 11) is 0. The summed E-state index contributed by atoms with van der Waals surface area (Å²) in [6.45, 7) is 3.74. The molecule has 0 N–H and O–H groups in total. The van der Waals surface area contributed by atoms with Gasteiger partial charge in [-0.05, 0) is 13.0 Å². The van der Waals surface area contributed by atoms with Gasteiger partial charge in [0.05, 0.1) is 6.54 Å². The van der Waals surface area contributed by atoms with Gasteiger partial charge in [0.1, 0.15) is 0 Å². The van der Waals surface area contributed by atoms with Gasteiger partial charge in [0.2, 0.25) is 0 Å². The van der Waals surface area contributed by atoms with E-state index in [-0.39, 0.29) is 5.78 Å². The number of nitrogens with zero attached hydrogens (tertiary/aromatic N) is 1. The van der Waals surface area contributed by atoms with Gasteiger partial charge in [0, 0.05) is 34.1 Å². The van der Waals surface area contributed by atoms with Crippen LogP contribution in [0.5, 0.6) is 0 Å². The highest BCUT2D eigenvalue weighted by molar-refractivity contribution is 9.10. The number of ketones is 1. The molecule has 1 aliphatic rings. The molecule has 1 unspecified atom stereocenters. The minimum atomic E-state index is 0.205. The Morgan fingerprint density at radius 3 is 3.00 bits per heavy atom. The molecule has 0 saturated carbocycles. The minimum Gasteiger partial charge on any atom is -0.293 e. The van der Waals surface area contributed by atoms with Crippen LogP contribution in [0.4, 0.5) is 0 Å². The second kappa shape index (κ2) is 6.03. The predicted molar refractivity (Wildman–Crippen MR) is 76.8 cm³/mol. The smallest absolute Gasteiger partial charge is 0.177 e. The molecule has 1 saturated heterocycles. The Balaban J connectivity index is 2.04. The normalized spacial score (nSPS) is 21.4. The molecule has 0 aromatic heterocycles. The average Bonchev–Trinajstić information content (AvgIpc) is 2.32. The monoisotopic (exact) mass is 313 g/mol. The third kappa shape index (κ3) is 3.33. The molecule has 0 spiro atoms. The second-order valence-corrected chi connectivity index (χ2v) is 6.30. The highest BCUT2D eigenvalue weighted by Gasteiger charge is 2.22. The van der Waals surface area contributed by atoms with Crippen LogP contribution in [0.3, 0.4) is 0 Å². The van der Waals surface area contributed by atoms with Crippen LogP contribution in [-0.4, -0.2) is 41.3 Å². The van der Waals surface area contributed by atoms with Crippen LogP contribution >= 0.6 is 27.7 Å². The van der Waals surface area contributed by atoms with Crippen LogP contribution in [0.2, 0.25) is 0 Å². The largest absolute Gasteiger partial charge is 0.293 e. The number of hydrogen-bond donors (Lipinski definition) is 0. The van der Waals surface area contributed by atoms with Crippen molar-refractivity contribution in [2.75, 3.05) is 24.6 Å². The summed E-state index contributed by atoms with van der Waals surface area (Å²) in [6.07, 6.45) is 0. The van der Waals surface area contributed by atoms with Gasteiger partial charge in [-0.15, -0.1) is 0 Å². The lowest BCUT2D eigenvalue weighted by atomic mass is 10.1. The van der Waals surface area contributed by atoms with Gasteiger partial charge in [0.15, 0.2) is 5.78 Å². The van der Waals surface area contributed by atoms with E-state index in [2.05, 4.69) is 27.8 Å². The molecule has 2 rings (SSSR count). The van der Waals surface area contributed by atoms with Gasteiger partial charge in [-0.2, -0.15) is 11.8 Å². The number of carbonyl (C=O) groups excluding carboxylic acids is 1. The Hall–Kier alpha value is -0.320. The summed E-state index contributed by atoms with van der Waals surface area (Å²) in [6, 6.07) is 8.15. The number of rotatable bonds is 3. The van der Waals surface area contributed by atoms with Crippen molar-refractivity contribution in [1.82, 2.24) is 4.90 Å². The number of thioether (sulfide) groups is 1. The number of hydrogen-bond acceptors (Lipinski definition) is 3. The van der Waals surface area contributed by atoms with Crippen molar-refractivity contribution in [3.63, 3.8) is 0 Å². The third-order valence-electron chi connectivity index (χ3n) is 3.03. The fourth-order valence-corrected chi connectivity index (χ4v) is 3.54. The van der Waals surface area contributed by atoms with Crippen molar-refractivity contribution in [1.29, 1.82) is 0 Å². The molecule has 2 nitrogen and oxygen atoms in total. The lowest BCUT2D eigenvalue weighted by Gasteiger charge is -2.32. The Morgan fingerprint density at radius 2 is 2.29 bits per heavy atom. The predicted octanol–water partition coefficient (Wildman–Crippen LogP) is 3.07. The number of halogens is 1. The van der Waals surface area contributed by atoms with Crippen molar-refractivity contribution in [2.45, 2.75) is 13.0 Å². The van der Waals surface area contributed by atoms with E-state index >= 15 is 0 Å². The number of Topliss-reactive ketones (excluding diaryl/α,β-unsaturated/α-hetero) is 1. The highest BCUT2D eigenvalue weighted by atomic mass is 79.9. The van der Waals surface area contributed by atoms with E-state index in [1.54, 1.807) is 0 Å². The highest BCUT2D eigenvalue weighted by Crippen LogP contribution is 2.19. The van der Waals surface area contributed by atoms with Gasteiger partial charge in [-0.3, -0.25) is 9.69 Å². The quantitative estimate of drug-likeness (QED) is 0.800. The Kier molecular flexibility index (Phi) is 4.65. The topological polar surface area (TPSA) is 20.3 Å². The Morgan fingerprint density at radius 1 is 1.53 bits per heavy atom. The van der Waals surface area contributed by atoms with E-state index in [0.717, 1.165) is 28.1 Å². The first kappa shape index (κ1) is 13.1. The Labute approximate surface area is 115 Å². The van der Waals surface area contributed by atoms with Crippen LogP contribution < -0.4 is 0 Å². The molecule has 1 heterocycles. The molecule has 0 amide bonds. The molecule has 4 heteroatoms. The first-order chi connectivity index (χ1) is 8.18. The van der Waals surface area contributed by atoms with Crippen LogP contribution in [0.15, 0.2) is 28.7 Å². The van der Waals surface area contributed by atoms with Crippen molar-refractivity contribution in [3.8, 4) is 0 Å². The fraction of sp³-hybridized carbons (Fsp3) is 0.462. The molecule has 92 valence electrons. The molecule has 1 aromatic carbocycles. The van der Waals surface area contributed by atoms with Crippen LogP contribution in [0.25, 0.3) is 0 Å². The van der Waals surface area contributed by atoms with Crippen molar-refractivity contribution >= 4 is 33.5 Å². The maximum atomic E-state index is 12.2. The summed E-state index contributed by atoms with van der Waals surface area (Å²) in [5.74, 6) is 2.47. The zero-order chi connectivity index (χ0) is 12.3. The molecule has 0 bridgehead atoms. The lowest BCUT2D eigenvalue weighted by Crippen LogP contribution is -2.43. The first-order valence-corrected chi connectivity index (χ1v) is 7.73. The fourth-order valence-electron chi connectivity index (χ4n) is 1.95. The van der Waals surface area contributed by atoms with E-state index < -0.39 is 0 Å². The zero-order valence-corrected chi connectivity index (χ0v) is 12.3. The molecule has 1 fully saturated rings. The van der Waals surface area contributed by atoms with Crippen molar-refractivity contribution < 1.29 is 4.79 Å². The third-order valence-corrected chi connectivity index (χ3v) is 4.91. The van der Waals surface area contributed by atoms with Crippen LogP contribution in [-0.2, 0) is 0 Å². The zero-order valence-electron chi connectivity index (χ0n) is 9.86. The molecule has 1 aliphatic heterocycles. The number of benzene rings is 1. The number of carbonyl (C=O) groups is 1. The maximum Gasteiger partial charge on any atom is 0.177 e. The van der Waals surface area contributed by atoms with Gasteiger partial charge in [-0.1, -0.05) is 34.1 Å². The molecule has 0 aliphatic carbocycles. The van der Waals surface area contributed by atoms with E-state index in [1.165, 1.54) is 0 Å². The maximum absolute atomic E-state index is 12.2. The molecule has 17 heavy (non-hydrogen) atoms. The van der Waals surface area contributed by atoms with Crippen molar-refractivity contribution in [2.24, 2.45) is 0 Å². The molecule has 1 atom stereocenters. The first-order valence-electron chi connectivity index (χ1n) is 5.78. The average molecular weight is 314 g/mol. The van der Waals surface area contributed by atoms with Gasteiger partial charge < -0.3 is 0 Å². The van der Waals surface area contributed by atoms with Gasteiger partial charge >= 0.3 is 0 Å². The van der Waals surface area contributed by atoms with E-state index in [4.69, 9.17) is 0 Å². The molecular weight excluding hydrogens is 298 g/mol. The van der Waals surface area contributed by atoms with Crippen molar-refractivity contribution in [3.05, 3.63) is 34.3 Å². The summed E-state index contributed by atoms with van der Waals surface area (Å²) in [5, 5.41) is 0. The molecular formula is C13H16BrNOS. The summed E-state index contributed by atoms with van der Waals surface area (Å²) >= 11 is 5.40. The minimum absolute atomic E-state index is 0.205. The van der Waals surface area contributed by atoms with E-state index in [9.17, 15) is 4.79 Å². The van der Waals surface area contributed by atoms with Gasteiger partial charge in [-0.25, -0.2) is 0 Å². The molecule has 0 radical (unpaired) electrons.